The van der Waals surface area contributed by atoms with E-state index < -0.39 is 0 Å². The molecule has 2 aliphatic rings. The zero-order valence-electron chi connectivity index (χ0n) is 23.9. The highest BCUT2D eigenvalue weighted by atomic mass is 14.9. The summed E-state index contributed by atoms with van der Waals surface area (Å²) < 4.78 is 0. The lowest BCUT2D eigenvalue weighted by atomic mass is 9.91. The van der Waals surface area contributed by atoms with Crippen LogP contribution in [0.4, 0.5) is 0 Å². The van der Waals surface area contributed by atoms with E-state index in [4.69, 9.17) is 9.98 Å². The van der Waals surface area contributed by atoms with Gasteiger partial charge >= 0.3 is 0 Å². The van der Waals surface area contributed by atoms with Crippen molar-refractivity contribution in [2.45, 2.75) is 12.8 Å². The number of rotatable bonds is 4. The van der Waals surface area contributed by atoms with E-state index in [0.29, 0.717) is 6.54 Å². The van der Waals surface area contributed by atoms with Gasteiger partial charge in [-0.05, 0) is 91.2 Å². The molecule has 6 aromatic rings. The van der Waals surface area contributed by atoms with Crippen LogP contribution in [-0.4, -0.2) is 18.0 Å². The third kappa shape index (κ3) is 4.71. The van der Waals surface area contributed by atoms with Crippen molar-refractivity contribution >= 4 is 43.7 Å². The molecule has 0 atom stereocenters. The molecule has 0 aromatic heterocycles. The van der Waals surface area contributed by atoms with Crippen LogP contribution in [0.2, 0.25) is 0 Å². The van der Waals surface area contributed by atoms with Gasteiger partial charge < -0.3 is 0 Å². The van der Waals surface area contributed by atoms with Gasteiger partial charge in [0.2, 0.25) is 0 Å². The third-order valence-electron chi connectivity index (χ3n) is 8.56. The molecule has 6 aromatic carbocycles. The lowest BCUT2D eigenvalue weighted by Crippen LogP contribution is -2.07. The molecule has 2 heteroatoms. The Labute approximate surface area is 251 Å². The highest BCUT2D eigenvalue weighted by molar-refractivity contribution is 6.25. The fraction of sp³-hybridized carbons (Fsp3) is 0.0732. The van der Waals surface area contributed by atoms with E-state index >= 15 is 0 Å². The van der Waals surface area contributed by atoms with E-state index in [1.807, 2.05) is 6.07 Å². The maximum Gasteiger partial charge on any atom is 0.0825 e. The van der Waals surface area contributed by atoms with Crippen LogP contribution in [0, 0.1) is 0 Å². The number of aliphatic imine (C=N–C) groups is 2. The molecular formula is C41H30N2. The van der Waals surface area contributed by atoms with Crippen LogP contribution in [0.25, 0.3) is 43.4 Å². The normalized spacial score (nSPS) is 15.2. The standard InChI is InChI=1S/C41H30N2/c1-3-12-28(13-4-1)39-26-40(29-14-5-2-6-15-29)43-41(27-42-39)32-17-11-16-30(24-32)31-22-23-37-35-20-8-7-18-33(35)34-19-9-10-21-36(34)38(37)25-31/h1,3-5,7-26H,2,6,27H2. The van der Waals surface area contributed by atoms with Gasteiger partial charge in [-0.15, -0.1) is 0 Å². The highest BCUT2D eigenvalue weighted by Gasteiger charge is 2.16. The van der Waals surface area contributed by atoms with Crippen LogP contribution in [0.1, 0.15) is 24.0 Å². The van der Waals surface area contributed by atoms with Crippen LogP contribution in [0.15, 0.2) is 167 Å². The molecule has 0 bridgehead atoms. The first-order valence-electron chi connectivity index (χ1n) is 15.0. The monoisotopic (exact) mass is 550 g/mol. The van der Waals surface area contributed by atoms with E-state index in [0.717, 1.165) is 41.1 Å². The molecule has 0 fully saturated rings. The van der Waals surface area contributed by atoms with Gasteiger partial charge in [0.25, 0.3) is 0 Å². The number of hydrogen-bond donors (Lipinski definition) is 0. The maximum absolute atomic E-state index is 5.25. The minimum Gasteiger partial charge on any atom is -0.278 e. The van der Waals surface area contributed by atoms with Crippen molar-refractivity contribution in [1.29, 1.82) is 0 Å². The second-order valence-corrected chi connectivity index (χ2v) is 11.2. The summed E-state index contributed by atoms with van der Waals surface area (Å²) in [5, 5.41) is 7.74. The van der Waals surface area contributed by atoms with Crippen LogP contribution in [-0.2, 0) is 0 Å². The van der Waals surface area contributed by atoms with Gasteiger partial charge in [-0.3, -0.25) is 9.98 Å². The first-order valence-corrected chi connectivity index (χ1v) is 15.0. The molecule has 0 saturated carbocycles. The third-order valence-corrected chi connectivity index (χ3v) is 8.56. The Balaban J connectivity index is 1.24. The summed E-state index contributed by atoms with van der Waals surface area (Å²) in [6, 6.07) is 43.6. The Bertz CT molecular complexity index is 2160. The lowest BCUT2D eigenvalue weighted by molar-refractivity contribution is 1.02. The molecular weight excluding hydrogens is 520 g/mol. The quantitative estimate of drug-likeness (QED) is 0.195. The van der Waals surface area contributed by atoms with Crippen LogP contribution < -0.4 is 0 Å². The highest BCUT2D eigenvalue weighted by Crippen LogP contribution is 2.37. The number of fused-ring (bicyclic) bond motifs is 6. The summed E-state index contributed by atoms with van der Waals surface area (Å²) in [6.07, 6.45) is 11.0. The molecule has 1 aliphatic heterocycles. The van der Waals surface area contributed by atoms with Crippen LogP contribution >= 0.6 is 0 Å². The molecule has 2 nitrogen and oxygen atoms in total. The molecule has 0 N–H and O–H groups in total. The average Bonchev–Trinajstić information content (AvgIpc) is 3.33. The van der Waals surface area contributed by atoms with E-state index in [1.54, 1.807) is 0 Å². The zero-order chi connectivity index (χ0) is 28.6. The smallest absolute Gasteiger partial charge is 0.0825 e. The topological polar surface area (TPSA) is 24.7 Å². The van der Waals surface area contributed by atoms with Gasteiger partial charge in [0.15, 0.2) is 0 Å². The van der Waals surface area contributed by atoms with Gasteiger partial charge in [0.1, 0.15) is 0 Å². The molecule has 0 saturated heterocycles. The minimum absolute atomic E-state index is 0.527. The van der Waals surface area contributed by atoms with Crippen molar-refractivity contribution in [2.75, 3.05) is 6.54 Å². The van der Waals surface area contributed by atoms with E-state index in [9.17, 15) is 0 Å². The fourth-order valence-electron chi connectivity index (χ4n) is 6.40. The number of benzene rings is 6. The molecule has 1 heterocycles. The van der Waals surface area contributed by atoms with Crippen molar-refractivity contribution in [2.24, 2.45) is 9.98 Å². The van der Waals surface area contributed by atoms with Crippen molar-refractivity contribution < 1.29 is 0 Å². The Morgan fingerprint density at radius 1 is 0.488 bits per heavy atom. The summed E-state index contributed by atoms with van der Waals surface area (Å²) in [6.45, 7) is 0.527. The van der Waals surface area contributed by atoms with E-state index in [-0.39, 0.29) is 0 Å². The first-order chi connectivity index (χ1) is 21.3. The summed E-state index contributed by atoms with van der Waals surface area (Å²) in [5.41, 5.74) is 8.69. The molecule has 0 amide bonds. The maximum atomic E-state index is 5.25. The largest absolute Gasteiger partial charge is 0.278 e. The Hall–Kier alpha value is -5.34. The van der Waals surface area contributed by atoms with Gasteiger partial charge in [-0.2, -0.15) is 0 Å². The lowest BCUT2D eigenvalue weighted by Gasteiger charge is -2.13. The molecule has 8 rings (SSSR count). The summed E-state index contributed by atoms with van der Waals surface area (Å²) >= 11 is 0. The van der Waals surface area contributed by atoms with Gasteiger partial charge in [0.05, 0.1) is 23.7 Å². The van der Waals surface area contributed by atoms with Crippen molar-refractivity contribution in [3.8, 4) is 11.1 Å². The number of nitrogens with zero attached hydrogens (tertiary/aromatic N) is 2. The minimum atomic E-state index is 0.527. The van der Waals surface area contributed by atoms with E-state index in [1.165, 1.54) is 49.0 Å². The molecule has 0 spiro atoms. The SMILES string of the molecule is C1=CC(C2=CC(c3ccccc3)=NCC(c3cccc(-c4ccc5c6ccccc6c6ccccc6c5c4)c3)=N2)=CCC1. The first kappa shape index (κ1) is 25.4. The molecule has 0 radical (unpaired) electrons. The van der Waals surface area contributed by atoms with Crippen molar-refractivity contribution in [3.63, 3.8) is 0 Å². The van der Waals surface area contributed by atoms with Gasteiger partial charge in [-0.1, -0.05) is 127 Å². The van der Waals surface area contributed by atoms with Gasteiger partial charge in [-0.25, -0.2) is 0 Å². The van der Waals surface area contributed by atoms with E-state index in [2.05, 4.69) is 140 Å². The van der Waals surface area contributed by atoms with Crippen molar-refractivity contribution in [3.05, 3.63) is 168 Å². The summed E-state index contributed by atoms with van der Waals surface area (Å²) in [5.74, 6) is 0. The van der Waals surface area contributed by atoms with Crippen molar-refractivity contribution in [1.82, 2.24) is 0 Å². The Morgan fingerprint density at radius 3 is 1.84 bits per heavy atom. The fourth-order valence-corrected chi connectivity index (χ4v) is 6.40. The molecule has 1 aliphatic carbocycles. The second kappa shape index (κ2) is 10.8. The Kier molecular flexibility index (Phi) is 6.38. The molecule has 43 heavy (non-hydrogen) atoms. The van der Waals surface area contributed by atoms with Crippen LogP contribution in [0.3, 0.4) is 0 Å². The predicted molar refractivity (Wildman–Crippen MR) is 183 cm³/mol. The summed E-state index contributed by atoms with van der Waals surface area (Å²) in [4.78, 5) is 10.3. The zero-order valence-corrected chi connectivity index (χ0v) is 23.9. The molecule has 0 unspecified atom stereocenters. The summed E-state index contributed by atoms with van der Waals surface area (Å²) in [7, 11) is 0. The number of allylic oxidation sites excluding steroid dienone is 4. The Morgan fingerprint density at radius 2 is 1.12 bits per heavy atom. The average molecular weight is 551 g/mol. The number of hydrogen-bond acceptors (Lipinski definition) is 2. The second-order valence-electron chi connectivity index (χ2n) is 11.2. The van der Waals surface area contributed by atoms with Gasteiger partial charge in [0, 0.05) is 0 Å². The predicted octanol–water partition coefficient (Wildman–Crippen LogP) is 10.3. The molecule has 204 valence electrons. The van der Waals surface area contributed by atoms with Crippen LogP contribution in [0.5, 0.6) is 0 Å².